The highest BCUT2D eigenvalue weighted by Gasteiger charge is 2.32. The standard InChI is InChI=1S/C17H25N3O2S/c1-13-5-2-3-9-20(13)16(21)14-7-10-19(11-8-14)17(22)18-15-6-4-12-23-15/h4,6,12-14H,2-3,5,7-11H2,1H3,(H,18,22). The molecule has 0 aliphatic carbocycles. The van der Waals surface area contributed by atoms with Crippen LogP contribution in [0.3, 0.4) is 0 Å². The lowest BCUT2D eigenvalue weighted by Crippen LogP contribution is -2.49. The molecule has 0 saturated carbocycles. The van der Waals surface area contributed by atoms with E-state index in [1.807, 2.05) is 22.4 Å². The van der Waals surface area contributed by atoms with Crippen molar-refractivity contribution in [3.05, 3.63) is 17.5 Å². The quantitative estimate of drug-likeness (QED) is 0.900. The predicted molar refractivity (Wildman–Crippen MR) is 92.7 cm³/mol. The van der Waals surface area contributed by atoms with Gasteiger partial charge in [0, 0.05) is 31.6 Å². The normalized spacial score (nSPS) is 22.9. The Morgan fingerprint density at radius 1 is 1.17 bits per heavy atom. The summed E-state index contributed by atoms with van der Waals surface area (Å²) in [4.78, 5) is 28.8. The average Bonchev–Trinajstić information content (AvgIpc) is 3.08. The molecule has 1 atom stereocenters. The van der Waals surface area contributed by atoms with Gasteiger partial charge in [0.2, 0.25) is 5.91 Å². The second-order valence-corrected chi connectivity index (χ2v) is 7.49. The molecule has 126 valence electrons. The van der Waals surface area contributed by atoms with Gasteiger partial charge >= 0.3 is 6.03 Å². The van der Waals surface area contributed by atoms with Crippen molar-refractivity contribution < 1.29 is 9.59 Å². The summed E-state index contributed by atoms with van der Waals surface area (Å²) >= 11 is 1.52. The Bertz CT molecular complexity index is 538. The van der Waals surface area contributed by atoms with Crippen molar-refractivity contribution in [1.29, 1.82) is 0 Å². The molecule has 23 heavy (non-hydrogen) atoms. The second-order valence-electron chi connectivity index (χ2n) is 6.55. The van der Waals surface area contributed by atoms with E-state index in [-0.39, 0.29) is 11.9 Å². The van der Waals surface area contributed by atoms with Gasteiger partial charge in [-0.3, -0.25) is 10.1 Å². The first-order valence-corrected chi connectivity index (χ1v) is 9.43. The summed E-state index contributed by atoms with van der Waals surface area (Å²) in [5.74, 6) is 0.386. The molecule has 0 aromatic carbocycles. The zero-order valence-corrected chi connectivity index (χ0v) is 14.5. The summed E-state index contributed by atoms with van der Waals surface area (Å²) in [5, 5.41) is 5.73. The summed E-state index contributed by atoms with van der Waals surface area (Å²) in [7, 11) is 0. The van der Waals surface area contributed by atoms with Gasteiger partial charge in [-0.2, -0.15) is 0 Å². The lowest BCUT2D eigenvalue weighted by Gasteiger charge is -2.38. The van der Waals surface area contributed by atoms with Crippen LogP contribution in [0, 0.1) is 5.92 Å². The molecule has 0 radical (unpaired) electrons. The Labute approximate surface area is 141 Å². The molecule has 0 spiro atoms. The predicted octanol–water partition coefficient (Wildman–Crippen LogP) is 3.39. The maximum atomic E-state index is 12.7. The Hall–Kier alpha value is -1.56. The van der Waals surface area contributed by atoms with Crippen molar-refractivity contribution in [1.82, 2.24) is 9.80 Å². The van der Waals surface area contributed by atoms with E-state index in [1.165, 1.54) is 17.8 Å². The number of urea groups is 1. The zero-order chi connectivity index (χ0) is 16.2. The molecule has 3 heterocycles. The number of likely N-dealkylation sites (tertiary alicyclic amines) is 2. The van der Waals surface area contributed by atoms with E-state index < -0.39 is 0 Å². The van der Waals surface area contributed by atoms with Gasteiger partial charge < -0.3 is 9.80 Å². The van der Waals surface area contributed by atoms with Gasteiger partial charge in [0.05, 0.1) is 5.00 Å². The molecule has 2 fully saturated rings. The number of rotatable bonds is 2. The van der Waals surface area contributed by atoms with Crippen LogP contribution in [-0.2, 0) is 4.79 Å². The number of carbonyl (C=O) groups is 2. The molecule has 5 nitrogen and oxygen atoms in total. The summed E-state index contributed by atoms with van der Waals surface area (Å²) in [6, 6.07) is 4.14. The van der Waals surface area contributed by atoms with E-state index in [9.17, 15) is 9.59 Å². The van der Waals surface area contributed by atoms with Crippen molar-refractivity contribution in [2.45, 2.75) is 45.1 Å². The van der Waals surface area contributed by atoms with E-state index in [2.05, 4.69) is 17.1 Å². The lowest BCUT2D eigenvalue weighted by molar-refractivity contribution is -0.140. The fraction of sp³-hybridized carbons (Fsp3) is 0.647. The van der Waals surface area contributed by atoms with E-state index in [4.69, 9.17) is 0 Å². The second kappa shape index (κ2) is 7.34. The molecule has 2 aliphatic heterocycles. The third-order valence-corrected chi connectivity index (χ3v) is 5.75. The fourth-order valence-electron chi connectivity index (χ4n) is 3.52. The number of hydrogen-bond acceptors (Lipinski definition) is 3. The van der Waals surface area contributed by atoms with Crippen LogP contribution in [0.4, 0.5) is 9.80 Å². The molecule has 1 aromatic rings. The van der Waals surface area contributed by atoms with Gasteiger partial charge in [0.1, 0.15) is 0 Å². The van der Waals surface area contributed by atoms with Crippen molar-refractivity contribution in [2.75, 3.05) is 25.0 Å². The molecule has 3 rings (SSSR count). The maximum Gasteiger partial charge on any atom is 0.322 e. The minimum absolute atomic E-state index is 0.0512. The fourth-order valence-corrected chi connectivity index (χ4v) is 4.13. The van der Waals surface area contributed by atoms with E-state index in [1.54, 1.807) is 0 Å². The highest BCUT2D eigenvalue weighted by atomic mass is 32.1. The Balaban J connectivity index is 1.49. The van der Waals surface area contributed by atoms with Gasteiger partial charge in [-0.15, -0.1) is 11.3 Å². The molecule has 2 aliphatic rings. The van der Waals surface area contributed by atoms with Crippen LogP contribution < -0.4 is 5.32 Å². The summed E-state index contributed by atoms with van der Waals surface area (Å²) in [5.41, 5.74) is 0. The summed E-state index contributed by atoms with van der Waals surface area (Å²) in [6.45, 7) is 4.38. The molecule has 6 heteroatoms. The van der Waals surface area contributed by atoms with Crippen LogP contribution in [0.1, 0.15) is 39.0 Å². The number of hydrogen-bond donors (Lipinski definition) is 1. The molecule has 2 saturated heterocycles. The smallest absolute Gasteiger partial charge is 0.322 e. The maximum absolute atomic E-state index is 12.7. The highest BCUT2D eigenvalue weighted by molar-refractivity contribution is 7.14. The first-order chi connectivity index (χ1) is 11.1. The molecule has 1 N–H and O–H groups in total. The van der Waals surface area contributed by atoms with Crippen LogP contribution in [0.5, 0.6) is 0 Å². The molecule has 0 bridgehead atoms. The van der Waals surface area contributed by atoms with E-state index in [0.717, 1.165) is 37.2 Å². The first-order valence-electron chi connectivity index (χ1n) is 8.55. The van der Waals surface area contributed by atoms with Gasteiger partial charge in [-0.1, -0.05) is 0 Å². The van der Waals surface area contributed by atoms with Crippen molar-refractivity contribution >= 4 is 28.3 Å². The zero-order valence-electron chi connectivity index (χ0n) is 13.7. The van der Waals surface area contributed by atoms with Crippen LogP contribution in [0.15, 0.2) is 17.5 Å². The number of thiophene rings is 1. The minimum atomic E-state index is -0.0512. The third-order valence-electron chi connectivity index (χ3n) is 4.97. The monoisotopic (exact) mass is 335 g/mol. The Morgan fingerprint density at radius 3 is 2.61 bits per heavy atom. The number of nitrogens with zero attached hydrogens (tertiary/aromatic N) is 2. The number of anilines is 1. The lowest BCUT2D eigenvalue weighted by atomic mass is 9.93. The van der Waals surface area contributed by atoms with Crippen molar-refractivity contribution in [2.24, 2.45) is 5.92 Å². The number of carbonyl (C=O) groups excluding carboxylic acids is 2. The van der Waals surface area contributed by atoms with Gasteiger partial charge in [-0.25, -0.2) is 4.79 Å². The Morgan fingerprint density at radius 2 is 1.96 bits per heavy atom. The van der Waals surface area contributed by atoms with E-state index in [0.29, 0.717) is 25.0 Å². The van der Waals surface area contributed by atoms with Crippen molar-refractivity contribution in [3.8, 4) is 0 Å². The molecule has 1 aromatic heterocycles. The highest BCUT2D eigenvalue weighted by Crippen LogP contribution is 2.25. The number of piperidine rings is 2. The number of amides is 3. The Kier molecular flexibility index (Phi) is 5.20. The molecular weight excluding hydrogens is 310 g/mol. The van der Waals surface area contributed by atoms with Crippen LogP contribution in [-0.4, -0.2) is 47.4 Å². The van der Waals surface area contributed by atoms with Gasteiger partial charge in [-0.05, 0) is 56.5 Å². The third kappa shape index (κ3) is 3.86. The van der Waals surface area contributed by atoms with Crippen LogP contribution in [0.2, 0.25) is 0 Å². The first kappa shape index (κ1) is 16.3. The average molecular weight is 335 g/mol. The van der Waals surface area contributed by atoms with Crippen LogP contribution >= 0.6 is 11.3 Å². The van der Waals surface area contributed by atoms with Gasteiger partial charge in [0.25, 0.3) is 0 Å². The molecular formula is C17H25N3O2S. The molecule has 1 unspecified atom stereocenters. The minimum Gasteiger partial charge on any atom is -0.340 e. The SMILES string of the molecule is CC1CCCCN1C(=O)C1CCN(C(=O)Nc2cccs2)CC1. The largest absolute Gasteiger partial charge is 0.340 e. The molecule has 3 amide bonds. The summed E-state index contributed by atoms with van der Waals surface area (Å²) in [6.07, 6.45) is 5.03. The van der Waals surface area contributed by atoms with Crippen LogP contribution in [0.25, 0.3) is 0 Å². The number of nitrogens with one attached hydrogen (secondary N) is 1. The van der Waals surface area contributed by atoms with E-state index >= 15 is 0 Å². The topological polar surface area (TPSA) is 52.7 Å². The van der Waals surface area contributed by atoms with Gasteiger partial charge in [0.15, 0.2) is 0 Å². The van der Waals surface area contributed by atoms with Crippen molar-refractivity contribution in [3.63, 3.8) is 0 Å². The summed E-state index contributed by atoms with van der Waals surface area (Å²) < 4.78 is 0.